The van der Waals surface area contributed by atoms with E-state index in [0.717, 1.165) is 22.2 Å². The third-order valence-corrected chi connectivity index (χ3v) is 4.33. The Kier molecular flexibility index (Phi) is 4.41. The predicted molar refractivity (Wildman–Crippen MR) is 91.9 cm³/mol. The monoisotopic (exact) mass is 352 g/mol. The van der Waals surface area contributed by atoms with Gasteiger partial charge >= 0.3 is 0 Å². The molecular weight excluding hydrogens is 338 g/mol. The summed E-state index contributed by atoms with van der Waals surface area (Å²) in [6, 6.07) is 5.14. The van der Waals surface area contributed by atoms with Gasteiger partial charge < -0.3 is 9.88 Å². The van der Waals surface area contributed by atoms with Gasteiger partial charge in [0.2, 0.25) is 0 Å². The van der Waals surface area contributed by atoms with E-state index in [4.69, 9.17) is 23.2 Å². The van der Waals surface area contributed by atoms with Crippen molar-refractivity contribution in [1.82, 2.24) is 14.5 Å². The van der Waals surface area contributed by atoms with Crippen molar-refractivity contribution in [2.45, 2.75) is 20.4 Å². The van der Waals surface area contributed by atoms with Crippen molar-refractivity contribution in [3.05, 3.63) is 51.8 Å². The first-order chi connectivity index (χ1) is 11.0. The summed E-state index contributed by atoms with van der Waals surface area (Å²) >= 11 is 12.0. The van der Waals surface area contributed by atoms with Gasteiger partial charge in [0.05, 0.1) is 5.52 Å². The van der Waals surface area contributed by atoms with Crippen LogP contribution in [0.2, 0.25) is 10.2 Å². The average Bonchev–Trinajstić information content (AvgIpc) is 2.83. The van der Waals surface area contributed by atoms with E-state index in [1.54, 1.807) is 6.07 Å². The number of hydrogen-bond acceptors (Lipinski definition) is 3. The summed E-state index contributed by atoms with van der Waals surface area (Å²) in [7, 11) is 0. The fourth-order valence-corrected chi connectivity index (χ4v) is 3.08. The summed E-state index contributed by atoms with van der Waals surface area (Å²) in [6.45, 7) is 5.09. The molecule has 2 aromatic heterocycles. The van der Waals surface area contributed by atoms with Crippen LogP contribution in [-0.4, -0.2) is 21.1 Å². The van der Waals surface area contributed by atoms with Gasteiger partial charge in [0.15, 0.2) is 0 Å². The van der Waals surface area contributed by atoms with Crippen molar-refractivity contribution in [3.8, 4) is 0 Å². The van der Waals surface area contributed by atoms with Crippen molar-refractivity contribution in [3.63, 3.8) is 0 Å². The molecule has 7 heteroatoms. The smallest absolute Gasteiger partial charge is 0.144 e. The van der Waals surface area contributed by atoms with Gasteiger partial charge in [0.1, 0.15) is 28.1 Å². The van der Waals surface area contributed by atoms with Crippen LogP contribution in [0.5, 0.6) is 0 Å². The Bertz CT molecular complexity index is 876. The SMILES string of the molecule is Cc1cc(F)c(Cl)c2c1cc(C)n2CCNc1cc(Cl)ncn1. The molecule has 0 radical (unpaired) electrons. The Balaban J connectivity index is 1.87. The van der Waals surface area contributed by atoms with Crippen molar-refractivity contribution in [2.24, 2.45) is 0 Å². The van der Waals surface area contributed by atoms with Crippen LogP contribution >= 0.6 is 23.2 Å². The van der Waals surface area contributed by atoms with Crippen molar-refractivity contribution < 1.29 is 4.39 Å². The third-order valence-electron chi connectivity index (χ3n) is 3.76. The molecule has 0 bridgehead atoms. The number of rotatable bonds is 4. The maximum Gasteiger partial charge on any atom is 0.144 e. The lowest BCUT2D eigenvalue weighted by molar-refractivity contribution is 0.627. The zero-order valence-electron chi connectivity index (χ0n) is 12.7. The largest absolute Gasteiger partial charge is 0.368 e. The van der Waals surface area contributed by atoms with Gasteiger partial charge in [-0.3, -0.25) is 0 Å². The number of hydrogen-bond donors (Lipinski definition) is 1. The van der Waals surface area contributed by atoms with Gasteiger partial charge in [-0.2, -0.15) is 0 Å². The number of aryl methyl sites for hydroxylation is 2. The lowest BCUT2D eigenvalue weighted by Gasteiger charge is -2.11. The third kappa shape index (κ3) is 3.12. The summed E-state index contributed by atoms with van der Waals surface area (Å²) < 4.78 is 15.9. The fourth-order valence-electron chi connectivity index (χ4n) is 2.67. The van der Waals surface area contributed by atoms with E-state index in [9.17, 15) is 4.39 Å². The van der Waals surface area contributed by atoms with Gasteiger partial charge in [-0.1, -0.05) is 23.2 Å². The molecule has 4 nitrogen and oxygen atoms in total. The van der Waals surface area contributed by atoms with E-state index < -0.39 is 5.82 Å². The number of nitrogens with one attached hydrogen (secondary N) is 1. The van der Waals surface area contributed by atoms with Gasteiger partial charge in [0, 0.05) is 30.2 Å². The number of benzene rings is 1. The van der Waals surface area contributed by atoms with Crippen LogP contribution in [0.3, 0.4) is 0 Å². The number of nitrogens with zero attached hydrogens (tertiary/aromatic N) is 3. The Labute approximate surface area is 143 Å². The summed E-state index contributed by atoms with van der Waals surface area (Å²) in [6.07, 6.45) is 1.40. The molecule has 0 saturated heterocycles. The molecule has 120 valence electrons. The van der Waals surface area contributed by atoms with Crippen LogP contribution in [-0.2, 0) is 6.54 Å². The minimum atomic E-state index is -0.397. The van der Waals surface area contributed by atoms with E-state index in [0.29, 0.717) is 24.1 Å². The number of anilines is 1. The van der Waals surface area contributed by atoms with E-state index in [1.165, 1.54) is 12.4 Å². The molecule has 0 spiro atoms. The molecule has 1 N–H and O–H groups in total. The molecule has 1 aromatic carbocycles. The van der Waals surface area contributed by atoms with Crippen molar-refractivity contribution >= 4 is 39.9 Å². The normalized spacial score (nSPS) is 11.2. The van der Waals surface area contributed by atoms with Gasteiger partial charge in [-0.25, -0.2) is 14.4 Å². The summed E-state index contributed by atoms with van der Waals surface area (Å²) in [4.78, 5) is 7.92. The molecule has 0 fully saturated rings. The van der Waals surface area contributed by atoms with Crippen LogP contribution in [0.4, 0.5) is 10.2 Å². The minimum absolute atomic E-state index is 0.156. The molecule has 23 heavy (non-hydrogen) atoms. The van der Waals surface area contributed by atoms with E-state index in [1.807, 2.05) is 24.5 Å². The second-order valence-corrected chi connectivity index (χ2v) is 6.11. The molecule has 3 rings (SSSR count). The first-order valence-electron chi connectivity index (χ1n) is 7.13. The molecule has 0 unspecified atom stereocenters. The number of aromatic nitrogens is 3. The molecule has 0 saturated carbocycles. The Hall–Kier alpha value is -1.85. The fraction of sp³-hybridized carbons (Fsp3) is 0.250. The van der Waals surface area contributed by atoms with Crippen LogP contribution in [0, 0.1) is 19.7 Å². The van der Waals surface area contributed by atoms with Crippen molar-refractivity contribution in [2.75, 3.05) is 11.9 Å². The molecule has 2 heterocycles. The second-order valence-electron chi connectivity index (χ2n) is 5.34. The summed E-state index contributed by atoms with van der Waals surface area (Å²) in [5, 5.41) is 4.68. The maximum atomic E-state index is 13.9. The Morgan fingerprint density at radius 3 is 2.70 bits per heavy atom. The first kappa shape index (κ1) is 16.0. The van der Waals surface area contributed by atoms with E-state index >= 15 is 0 Å². The lowest BCUT2D eigenvalue weighted by atomic mass is 10.1. The van der Waals surface area contributed by atoms with Crippen molar-refractivity contribution in [1.29, 1.82) is 0 Å². The second kappa shape index (κ2) is 6.34. The zero-order chi connectivity index (χ0) is 16.6. The lowest BCUT2D eigenvalue weighted by Crippen LogP contribution is -2.12. The number of fused-ring (bicyclic) bond motifs is 1. The standard InChI is InChI=1S/C16H15Cl2FN4/c1-9-5-12(19)15(18)16-11(9)6-10(2)23(16)4-3-20-14-7-13(17)21-8-22-14/h5-8H,3-4H2,1-2H3,(H,20,21,22). The highest BCUT2D eigenvalue weighted by atomic mass is 35.5. The molecule has 0 aliphatic rings. The molecule has 0 atom stereocenters. The average molecular weight is 353 g/mol. The molecule has 0 aliphatic heterocycles. The topological polar surface area (TPSA) is 42.7 Å². The number of halogens is 3. The summed E-state index contributed by atoms with van der Waals surface area (Å²) in [5.74, 6) is 0.249. The van der Waals surface area contributed by atoms with Gasteiger partial charge in [0.25, 0.3) is 0 Å². The Morgan fingerprint density at radius 1 is 1.17 bits per heavy atom. The van der Waals surface area contributed by atoms with Crippen LogP contribution in [0.15, 0.2) is 24.5 Å². The van der Waals surface area contributed by atoms with Crippen LogP contribution in [0.1, 0.15) is 11.3 Å². The quantitative estimate of drug-likeness (QED) is 0.697. The van der Waals surface area contributed by atoms with Crippen LogP contribution < -0.4 is 5.32 Å². The Morgan fingerprint density at radius 2 is 1.96 bits per heavy atom. The van der Waals surface area contributed by atoms with E-state index in [-0.39, 0.29) is 5.02 Å². The predicted octanol–water partition coefficient (Wildman–Crippen LogP) is 4.61. The highest BCUT2D eigenvalue weighted by Crippen LogP contribution is 2.31. The highest BCUT2D eigenvalue weighted by molar-refractivity contribution is 6.35. The molecular formula is C16H15Cl2FN4. The maximum absolute atomic E-state index is 13.9. The molecule has 3 aromatic rings. The summed E-state index contributed by atoms with van der Waals surface area (Å²) in [5.41, 5.74) is 2.63. The zero-order valence-corrected chi connectivity index (χ0v) is 14.2. The molecule has 0 aliphatic carbocycles. The molecule has 0 amide bonds. The first-order valence-corrected chi connectivity index (χ1v) is 7.89. The van der Waals surface area contributed by atoms with E-state index in [2.05, 4.69) is 15.3 Å². The minimum Gasteiger partial charge on any atom is -0.368 e. The highest BCUT2D eigenvalue weighted by Gasteiger charge is 2.15. The van der Waals surface area contributed by atoms with Crippen LogP contribution in [0.25, 0.3) is 10.9 Å². The van der Waals surface area contributed by atoms with Gasteiger partial charge in [-0.05, 0) is 31.5 Å². The van der Waals surface area contributed by atoms with Gasteiger partial charge in [-0.15, -0.1) is 0 Å².